The number of phenolic OH excluding ortho intramolecular Hbond substituents is 3. The molecule has 0 spiro atoms. The zero-order valence-corrected chi connectivity index (χ0v) is 12.1. The van der Waals surface area contributed by atoms with Crippen LogP contribution in [0, 0.1) is 0 Å². The van der Waals surface area contributed by atoms with Gasteiger partial charge in [-0.05, 0) is 0 Å². The molecule has 23 heavy (non-hydrogen) atoms. The fourth-order valence-electron chi connectivity index (χ4n) is 3.25. The van der Waals surface area contributed by atoms with Crippen molar-refractivity contribution in [2.75, 3.05) is 13.1 Å². The molecule has 9 nitrogen and oxygen atoms in total. The highest BCUT2D eigenvalue weighted by Gasteiger charge is 2.42. The summed E-state index contributed by atoms with van der Waals surface area (Å²) in [6.07, 6.45) is -4.63. The summed E-state index contributed by atoms with van der Waals surface area (Å²) in [5.41, 5.74) is -0.172. The maximum absolute atomic E-state index is 10.5. The number of phenols is 3. The molecule has 0 bridgehead atoms. The minimum Gasteiger partial charge on any atom is -0.507 e. The first-order valence-electron chi connectivity index (χ1n) is 7.29. The van der Waals surface area contributed by atoms with E-state index in [1.165, 1.54) is 0 Å². The van der Waals surface area contributed by atoms with Gasteiger partial charge in [0, 0.05) is 19.2 Å². The quantitative estimate of drug-likeness (QED) is 0.286. The summed E-state index contributed by atoms with van der Waals surface area (Å²) in [6, 6.07) is -0.886. The van der Waals surface area contributed by atoms with Crippen LogP contribution >= 0.6 is 0 Å². The van der Waals surface area contributed by atoms with E-state index >= 15 is 0 Å². The lowest BCUT2D eigenvalue weighted by Crippen LogP contribution is -2.28. The van der Waals surface area contributed by atoms with E-state index in [1.807, 2.05) is 0 Å². The van der Waals surface area contributed by atoms with Gasteiger partial charge in [0.1, 0.15) is 29.5 Å². The predicted octanol–water partition coefficient (Wildman–Crippen LogP) is -2.46. The molecular formula is C14H20N2O7. The van der Waals surface area contributed by atoms with Crippen LogP contribution in [0.2, 0.25) is 0 Å². The highest BCUT2D eigenvalue weighted by molar-refractivity contribution is 5.59. The van der Waals surface area contributed by atoms with E-state index in [2.05, 4.69) is 10.6 Å². The molecule has 9 heteroatoms. The molecule has 2 fully saturated rings. The number of nitrogens with one attached hydrogen (secondary N) is 2. The summed E-state index contributed by atoms with van der Waals surface area (Å²) >= 11 is 0. The van der Waals surface area contributed by atoms with Crippen molar-refractivity contribution in [1.29, 1.82) is 0 Å². The second-order valence-electron chi connectivity index (χ2n) is 5.98. The van der Waals surface area contributed by atoms with E-state index in [0.717, 1.165) is 6.07 Å². The second kappa shape index (κ2) is 5.78. The molecule has 0 saturated carbocycles. The molecule has 0 aromatic heterocycles. The maximum atomic E-state index is 10.5. The molecule has 2 aliphatic rings. The summed E-state index contributed by atoms with van der Waals surface area (Å²) in [7, 11) is 0. The Bertz CT molecular complexity index is 563. The molecule has 0 aliphatic carbocycles. The standard InChI is InChI=1S/C14H20N2O7/c17-4-1-5(18)9(11-13(22)7(20)3-16-11)14(23)8(4)10-12(21)6(19)2-15-10/h1,6-7,10-13,15-23H,2-3H2/t6-,7-,10-,11-,12+,13+/m0/s1. The SMILES string of the molecule is Oc1cc(O)c([C@@H]2NC[C@H](O)[C@H]2O)c(O)c1[C@@H]1NC[C@H](O)[C@H]1O. The van der Waals surface area contributed by atoms with Crippen LogP contribution in [0.3, 0.4) is 0 Å². The number of β-amino-alcohol motifs (C(OH)–C–C–N with tert-alkyl or cyclic N) is 2. The minimum absolute atomic E-state index is 0.0734. The summed E-state index contributed by atoms with van der Waals surface area (Å²) in [5.74, 6) is -1.43. The number of aliphatic hydroxyl groups is 4. The number of aromatic hydroxyl groups is 3. The highest BCUT2D eigenvalue weighted by atomic mass is 16.3. The molecule has 2 saturated heterocycles. The van der Waals surface area contributed by atoms with Crippen LogP contribution < -0.4 is 10.6 Å². The van der Waals surface area contributed by atoms with Crippen LogP contribution in [0.15, 0.2) is 6.07 Å². The van der Waals surface area contributed by atoms with Crippen molar-refractivity contribution in [3.63, 3.8) is 0 Å². The number of hydrogen-bond acceptors (Lipinski definition) is 9. The minimum atomic E-state index is -1.25. The Balaban J connectivity index is 2.07. The van der Waals surface area contributed by atoms with Gasteiger partial charge < -0.3 is 46.4 Å². The number of benzene rings is 1. The number of hydrogen-bond donors (Lipinski definition) is 9. The Morgan fingerprint density at radius 3 is 1.43 bits per heavy atom. The van der Waals surface area contributed by atoms with E-state index in [1.54, 1.807) is 0 Å². The topological polar surface area (TPSA) is 166 Å². The Hall–Kier alpha value is -1.62. The van der Waals surface area contributed by atoms with Crippen LogP contribution in [0.1, 0.15) is 23.2 Å². The van der Waals surface area contributed by atoms with Gasteiger partial charge >= 0.3 is 0 Å². The molecule has 3 rings (SSSR count). The smallest absolute Gasteiger partial charge is 0.132 e. The van der Waals surface area contributed by atoms with Gasteiger partial charge in [0.05, 0.1) is 35.4 Å². The third-order valence-electron chi connectivity index (χ3n) is 4.52. The summed E-state index contributed by atoms with van der Waals surface area (Å²) in [4.78, 5) is 0. The molecule has 0 amide bonds. The Morgan fingerprint density at radius 1 is 0.739 bits per heavy atom. The molecular weight excluding hydrogens is 308 g/mol. The largest absolute Gasteiger partial charge is 0.507 e. The molecule has 128 valence electrons. The molecule has 2 aliphatic heterocycles. The Morgan fingerprint density at radius 2 is 1.13 bits per heavy atom. The normalized spacial score (nSPS) is 37.4. The van der Waals surface area contributed by atoms with Crippen molar-refractivity contribution in [2.24, 2.45) is 0 Å². The van der Waals surface area contributed by atoms with Gasteiger partial charge in [-0.2, -0.15) is 0 Å². The maximum Gasteiger partial charge on any atom is 0.132 e. The average molecular weight is 328 g/mol. The van der Waals surface area contributed by atoms with Crippen LogP contribution in [-0.4, -0.2) is 73.3 Å². The highest BCUT2D eigenvalue weighted by Crippen LogP contribution is 2.47. The fraction of sp³-hybridized carbons (Fsp3) is 0.571. The molecule has 0 unspecified atom stereocenters. The van der Waals surface area contributed by atoms with Crippen molar-refractivity contribution >= 4 is 0 Å². The molecule has 2 heterocycles. The monoisotopic (exact) mass is 328 g/mol. The first kappa shape index (κ1) is 16.2. The zero-order valence-electron chi connectivity index (χ0n) is 12.1. The van der Waals surface area contributed by atoms with Crippen LogP contribution in [0.5, 0.6) is 17.2 Å². The Labute approximate surface area is 131 Å². The van der Waals surface area contributed by atoms with Gasteiger partial charge in [0.25, 0.3) is 0 Å². The zero-order chi connectivity index (χ0) is 16.9. The third kappa shape index (κ3) is 2.51. The van der Waals surface area contributed by atoms with Crippen LogP contribution in [0.25, 0.3) is 0 Å². The molecule has 9 N–H and O–H groups in total. The van der Waals surface area contributed by atoms with E-state index in [4.69, 9.17) is 0 Å². The van der Waals surface area contributed by atoms with Gasteiger partial charge in [0.2, 0.25) is 0 Å². The van der Waals surface area contributed by atoms with Gasteiger partial charge in [-0.3, -0.25) is 0 Å². The van der Waals surface area contributed by atoms with E-state index in [9.17, 15) is 35.7 Å². The van der Waals surface area contributed by atoms with Crippen LogP contribution in [-0.2, 0) is 0 Å². The molecule has 6 atom stereocenters. The number of aliphatic hydroxyl groups excluding tert-OH is 4. The van der Waals surface area contributed by atoms with Crippen molar-refractivity contribution in [2.45, 2.75) is 36.5 Å². The van der Waals surface area contributed by atoms with E-state index in [0.29, 0.717) is 0 Å². The van der Waals surface area contributed by atoms with Crippen molar-refractivity contribution < 1.29 is 35.7 Å². The molecule has 1 aromatic carbocycles. The lowest BCUT2D eigenvalue weighted by Gasteiger charge is -2.24. The van der Waals surface area contributed by atoms with Gasteiger partial charge in [0.15, 0.2) is 0 Å². The summed E-state index contributed by atoms with van der Waals surface area (Å²) in [6.45, 7) is 0.147. The second-order valence-corrected chi connectivity index (χ2v) is 5.98. The third-order valence-corrected chi connectivity index (χ3v) is 4.52. The lowest BCUT2D eigenvalue weighted by atomic mass is 9.92. The summed E-state index contributed by atoms with van der Waals surface area (Å²) in [5, 5.41) is 75.3. The Kier molecular flexibility index (Phi) is 4.08. The number of rotatable bonds is 2. The lowest BCUT2D eigenvalue weighted by molar-refractivity contribution is 0.0381. The summed E-state index contributed by atoms with van der Waals surface area (Å²) < 4.78 is 0. The van der Waals surface area contributed by atoms with Crippen molar-refractivity contribution in [1.82, 2.24) is 10.6 Å². The van der Waals surface area contributed by atoms with Gasteiger partial charge in [-0.1, -0.05) is 0 Å². The predicted molar refractivity (Wildman–Crippen MR) is 77.0 cm³/mol. The van der Waals surface area contributed by atoms with Gasteiger partial charge in [-0.15, -0.1) is 0 Å². The average Bonchev–Trinajstić information content (AvgIpc) is 2.97. The molecule has 1 aromatic rings. The first-order valence-corrected chi connectivity index (χ1v) is 7.29. The van der Waals surface area contributed by atoms with E-state index < -0.39 is 53.7 Å². The van der Waals surface area contributed by atoms with E-state index in [-0.39, 0.29) is 24.2 Å². The molecule has 0 radical (unpaired) electrons. The van der Waals surface area contributed by atoms with Crippen molar-refractivity contribution in [3.05, 3.63) is 17.2 Å². The van der Waals surface area contributed by atoms with Gasteiger partial charge in [-0.25, -0.2) is 0 Å². The fourth-order valence-corrected chi connectivity index (χ4v) is 3.25. The van der Waals surface area contributed by atoms with Crippen molar-refractivity contribution in [3.8, 4) is 17.2 Å². The first-order chi connectivity index (χ1) is 10.8. The van der Waals surface area contributed by atoms with Crippen LogP contribution in [0.4, 0.5) is 0 Å².